The van der Waals surface area contributed by atoms with Gasteiger partial charge in [0, 0.05) is 26.1 Å². The van der Waals surface area contributed by atoms with Crippen molar-refractivity contribution < 1.29 is 14.7 Å². The van der Waals surface area contributed by atoms with Crippen LogP contribution in [0.1, 0.15) is 36.5 Å². The molecule has 1 aliphatic heterocycles. The second kappa shape index (κ2) is 11.9. The maximum atomic E-state index is 12.8. The lowest BCUT2D eigenvalue weighted by Gasteiger charge is -2.22. The summed E-state index contributed by atoms with van der Waals surface area (Å²) in [6, 6.07) is 17.8. The Morgan fingerprint density at radius 1 is 1.12 bits per heavy atom. The number of aliphatic hydroxyl groups is 1. The lowest BCUT2D eigenvalue weighted by Crippen LogP contribution is -2.34. The van der Waals surface area contributed by atoms with Crippen LogP contribution in [0.4, 0.5) is 0 Å². The molecule has 1 aliphatic rings. The Hall–Kier alpha value is -2.48. The second-order valence-electron chi connectivity index (χ2n) is 7.56. The summed E-state index contributed by atoms with van der Waals surface area (Å²) in [5.74, 6) is -0.150. The molecule has 1 heterocycles. The number of hydrogen-bond acceptors (Lipinski definition) is 5. The van der Waals surface area contributed by atoms with Gasteiger partial charge in [-0.15, -0.1) is 0 Å². The highest BCUT2D eigenvalue weighted by Gasteiger charge is 2.31. The Labute approximate surface area is 199 Å². The van der Waals surface area contributed by atoms with Crippen LogP contribution in [0.5, 0.6) is 0 Å². The van der Waals surface area contributed by atoms with Gasteiger partial charge < -0.3 is 10.0 Å². The number of hydrogen-bond donors (Lipinski definition) is 1. The van der Waals surface area contributed by atoms with E-state index in [4.69, 9.17) is 12.2 Å². The number of carbonyl (C=O) groups is 2. The zero-order valence-electron chi connectivity index (χ0n) is 18.2. The summed E-state index contributed by atoms with van der Waals surface area (Å²) in [4.78, 5) is 29.3. The number of aliphatic hydroxyl groups excluding tert-OH is 1. The standard InChI is InChI=1S/C25H28N2O3S2/c1-2-19-10-12-20(13-11-19)17-22-24(30)27(25(31)32-22)14-6-9-23(29)26(15-16-28)18-21-7-4-3-5-8-21/h3-5,7-8,10-13,17,28H,2,6,9,14-16,18H2,1H3. The van der Waals surface area contributed by atoms with Gasteiger partial charge in [-0.2, -0.15) is 0 Å². The van der Waals surface area contributed by atoms with Gasteiger partial charge in [0.25, 0.3) is 5.91 Å². The van der Waals surface area contributed by atoms with Gasteiger partial charge in [-0.05, 0) is 35.6 Å². The number of rotatable bonds is 10. The van der Waals surface area contributed by atoms with Crippen molar-refractivity contribution in [3.8, 4) is 0 Å². The molecule has 0 aromatic heterocycles. The lowest BCUT2D eigenvalue weighted by atomic mass is 10.1. The third-order valence-electron chi connectivity index (χ3n) is 5.27. The van der Waals surface area contributed by atoms with Gasteiger partial charge in [-0.3, -0.25) is 14.5 Å². The molecule has 0 aliphatic carbocycles. The molecule has 1 saturated heterocycles. The van der Waals surface area contributed by atoms with Crippen LogP contribution in [0.25, 0.3) is 6.08 Å². The molecular formula is C25H28N2O3S2. The molecule has 0 unspecified atom stereocenters. The van der Waals surface area contributed by atoms with Crippen LogP contribution in [-0.4, -0.2) is 50.7 Å². The molecule has 0 saturated carbocycles. The largest absolute Gasteiger partial charge is 0.395 e. The zero-order valence-corrected chi connectivity index (χ0v) is 19.8. The van der Waals surface area contributed by atoms with Crippen molar-refractivity contribution in [1.29, 1.82) is 0 Å². The van der Waals surface area contributed by atoms with E-state index in [2.05, 4.69) is 19.1 Å². The molecule has 2 amide bonds. The smallest absolute Gasteiger partial charge is 0.266 e. The molecule has 32 heavy (non-hydrogen) atoms. The van der Waals surface area contributed by atoms with Crippen LogP contribution in [0, 0.1) is 0 Å². The van der Waals surface area contributed by atoms with Gasteiger partial charge in [-0.1, -0.05) is 85.5 Å². The number of thiocarbonyl (C=S) groups is 1. The monoisotopic (exact) mass is 468 g/mol. The predicted octanol–water partition coefficient (Wildman–Crippen LogP) is 4.25. The van der Waals surface area contributed by atoms with Gasteiger partial charge in [0.2, 0.25) is 5.91 Å². The highest BCUT2D eigenvalue weighted by Crippen LogP contribution is 2.32. The predicted molar refractivity (Wildman–Crippen MR) is 134 cm³/mol. The van der Waals surface area contributed by atoms with E-state index in [1.807, 2.05) is 48.5 Å². The fourth-order valence-electron chi connectivity index (χ4n) is 3.46. The quantitative estimate of drug-likeness (QED) is 0.417. The van der Waals surface area contributed by atoms with Crippen LogP contribution in [0.2, 0.25) is 0 Å². The second-order valence-corrected chi connectivity index (χ2v) is 9.23. The first-order valence-corrected chi connectivity index (χ1v) is 12.0. The molecule has 5 nitrogen and oxygen atoms in total. The highest BCUT2D eigenvalue weighted by atomic mass is 32.2. The number of carbonyl (C=O) groups excluding carboxylic acids is 2. The van der Waals surface area contributed by atoms with Crippen molar-refractivity contribution in [2.24, 2.45) is 0 Å². The summed E-state index contributed by atoms with van der Waals surface area (Å²) >= 11 is 6.71. The van der Waals surface area contributed by atoms with Crippen molar-refractivity contribution in [2.45, 2.75) is 32.7 Å². The van der Waals surface area contributed by atoms with Gasteiger partial charge in [0.15, 0.2) is 0 Å². The van der Waals surface area contributed by atoms with Crippen molar-refractivity contribution in [2.75, 3.05) is 19.7 Å². The average molecular weight is 469 g/mol. The lowest BCUT2D eigenvalue weighted by molar-refractivity contribution is -0.132. The topological polar surface area (TPSA) is 60.9 Å². The van der Waals surface area contributed by atoms with E-state index in [0.29, 0.717) is 35.2 Å². The molecule has 0 spiro atoms. The fourth-order valence-corrected chi connectivity index (χ4v) is 4.77. The summed E-state index contributed by atoms with van der Waals surface area (Å²) in [6.07, 6.45) is 3.65. The Morgan fingerprint density at radius 3 is 2.50 bits per heavy atom. The van der Waals surface area contributed by atoms with Crippen LogP contribution in [0.15, 0.2) is 59.5 Å². The Balaban J connectivity index is 1.55. The van der Waals surface area contributed by atoms with Gasteiger partial charge >= 0.3 is 0 Å². The van der Waals surface area contributed by atoms with Crippen molar-refractivity contribution in [3.63, 3.8) is 0 Å². The van der Waals surface area contributed by atoms with E-state index in [1.54, 1.807) is 9.80 Å². The van der Waals surface area contributed by atoms with E-state index in [0.717, 1.165) is 17.5 Å². The van der Waals surface area contributed by atoms with E-state index in [1.165, 1.54) is 17.3 Å². The molecule has 2 aromatic carbocycles. The Bertz CT molecular complexity index is 974. The third kappa shape index (κ3) is 6.51. The van der Waals surface area contributed by atoms with Gasteiger partial charge in [-0.25, -0.2) is 0 Å². The van der Waals surface area contributed by atoms with Crippen LogP contribution in [-0.2, 0) is 22.6 Å². The van der Waals surface area contributed by atoms with Gasteiger partial charge in [0.05, 0.1) is 11.5 Å². The van der Waals surface area contributed by atoms with Gasteiger partial charge in [0.1, 0.15) is 4.32 Å². The summed E-state index contributed by atoms with van der Waals surface area (Å²) in [7, 11) is 0. The van der Waals surface area contributed by atoms with Crippen LogP contribution < -0.4 is 0 Å². The fraction of sp³-hybridized carbons (Fsp3) is 0.320. The summed E-state index contributed by atoms with van der Waals surface area (Å²) < 4.78 is 0.523. The summed E-state index contributed by atoms with van der Waals surface area (Å²) in [5, 5.41) is 9.34. The first-order valence-electron chi connectivity index (χ1n) is 10.8. The molecule has 2 aromatic rings. The molecule has 0 bridgehead atoms. The maximum absolute atomic E-state index is 12.8. The van der Waals surface area contributed by atoms with E-state index < -0.39 is 0 Å². The molecule has 168 valence electrons. The minimum atomic E-state index is -0.108. The number of benzene rings is 2. The Morgan fingerprint density at radius 2 is 1.84 bits per heavy atom. The number of aryl methyl sites for hydroxylation is 1. The van der Waals surface area contributed by atoms with Crippen LogP contribution in [0.3, 0.4) is 0 Å². The molecule has 1 N–H and O–H groups in total. The van der Waals surface area contributed by atoms with Crippen molar-refractivity contribution in [1.82, 2.24) is 9.80 Å². The summed E-state index contributed by atoms with van der Waals surface area (Å²) in [5.41, 5.74) is 3.24. The average Bonchev–Trinajstić information content (AvgIpc) is 3.07. The maximum Gasteiger partial charge on any atom is 0.266 e. The van der Waals surface area contributed by atoms with Crippen molar-refractivity contribution in [3.05, 3.63) is 76.2 Å². The SMILES string of the molecule is CCc1ccc(C=C2SC(=S)N(CCCC(=O)N(CCO)Cc3ccccc3)C2=O)cc1. The van der Waals surface area contributed by atoms with E-state index in [9.17, 15) is 14.7 Å². The summed E-state index contributed by atoms with van der Waals surface area (Å²) in [6.45, 7) is 3.17. The molecular weight excluding hydrogens is 440 g/mol. The molecule has 3 rings (SSSR count). The van der Waals surface area contributed by atoms with Crippen LogP contribution >= 0.6 is 24.0 Å². The first-order chi connectivity index (χ1) is 15.5. The molecule has 1 fully saturated rings. The first kappa shape index (κ1) is 24.2. The molecule has 0 atom stereocenters. The molecule has 0 radical (unpaired) electrons. The number of thioether (sulfide) groups is 1. The number of amides is 2. The van der Waals surface area contributed by atoms with E-state index >= 15 is 0 Å². The highest BCUT2D eigenvalue weighted by molar-refractivity contribution is 8.26. The minimum Gasteiger partial charge on any atom is -0.395 e. The number of nitrogens with zero attached hydrogens (tertiary/aromatic N) is 2. The third-order valence-corrected chi connectivity index (χ3v) is 6.65. The minimum absolute atomic E-state index is 0.0418. The zero-order chi connectivity index (χ0) is 22.9. The normalized spacial score (nSPS) is 14.9. The van der Waals surface area contributed by atoms with E-state index in [-0.39, 0.29) is 25.0 Å². The van der Waals surface area contributed by atoms with Crippen molar-refractivity contribution >= 4 is 46.2 Å². The molecule has 7 heteroatoms. The Kier molecular flexibility index (Phi) is 9.02.